The summed E-state index contributed by atoms with van der Waals surface area (Å²) in [5.74, 6) is 1.99. The van der Waals surface area contributed by atoms with Gasteiger partial charge in [0.25, 0.3) is 0 Å². The van der Waals surface area contributed by atoms with E-state index in [-0.39, 0.29) is 5.75 Å². The zero-order valence-electron chi connectivity index (χ0n) is 12.0. The Kier molecular flexibility index (Phi) is 3.09. The van der Waals surface area contributed by atoms with Crippen molar-refractivity contribution in [1.82, 2.24) is 24.5 Å². The van der Waals surface area contributed by atoms with Crippen LogP contribution in [0.15, 0.2) is 30.6 Å². The number of nitrogens with zero attached hydrogens (tertiary/aromatic N) is 5. The van der Waals surface area contributed by atoms with Crippen LogP contribution in [0.25, 0.3) is 17.2 Å². The maximum atomic E-state index is 9.68. The van der Waals surface area contributed by atoms with Crippen LogP contribution in [-0.2, 0) is 7.05 Å². The summed E-state index contributed by atoms with van der Waals surface area (Å²) >= 11 is 0. The van der Waals surface area contributed by atoms with Crippen LogP contribution in [0.1, 0.15) is 5.69 Å². The van der Waals surface area contributed by atoms with Gasteiger partial charge in [0.1, 0.15) is 12.1 Å². The van der Waals surface area contributed by atoms with Gasteiger partial charge in [-0.15, -0.1) is 10.2 Å². The number of methoxy groups -OCH3 is 1. The van der Waals surface area contributed by atoms with E-state index in [1.165, 1.54) is 7.11 Å². The standard InChI is InChI=1S/C14H15N5O2/c1-9-6-13(18(2)17-9)19-8-15-16-14(19)10-4-5-11(20)12(7-10)21-3/h4-8,20H,1-3H3. The molecule has 1 N–H and O–H groups in total. The van der Waals surface area contributed by atoms with Crippen molar-refractivity contribution in [2.24, 2.45) is 7.05 Å². The molecular weight excluding hydrogens is 270 g/mol. The topological polar surface area (TPSA) is 78.0 Å². The number of rotatable bonds is 3. The molecule has 7 nitrogen and oxygen atoms in total. The van der Waals surface area contributed by atoms with E-state index < -0.39 is 0 Å². The third-order valence-corrected chi connectivity index (χ3v) is 3.21. The molecule has 2 heterocycles. The summed E-state index contributed by atoms with van der Waals surface area (Å²) in [4.78, 5) is 0. The molecule has 3 rings (SSSR count). The van der Waals surface area contributed by atoms with Crippen molar-refractivity contribution in [2.45, 2.75) is 6.92 Å². The second-order valence-electron chi connectivity index (χ2n) is 4.68. The van der Waals surface area contributed by atoms with Crippen molar-refractivity contribution < 1.29 is 9.84 Å². The van der Waals surface area contributed by atoms with Crippen molar-refractivity contribution in [1.29, 1.82) is 0 Å². The van der Waals surface area contributed by atoms with E-state index >= 15 is 0 Å². The Bertz CT molecular complexity index is 791. The zero-order valence-corrected chi connectivity index (χ0v) is 12.0. The van der Waals surface area contributed by atoms with Crippen LogP contribution in [0.4, 0.5) is 0 Å². The second kappa shape index (κ2) is 4.93. The molecule has 0 aliphatic heterocycles. The highest BCUT2D eigenvalue weighted by Crippen LogP contribution is 2.31. The van der Waals surface area contributed by atoms with Crippen molar-refractivity contribution in [3.63, 3.8) is 0 Å². The molecule has 108 valence electrons. The Morgan fingerprint density at radius 2 is 2.05 bits per heavy atom. The monoisotopic (exact) mass is 285 g/mol. The normalized spacial score (nSPS) is 10.8. The first-order valence-electron chi connectivity index (χ1n) is 6.38. The second-order valence-corrected chi connectivity index (χ2v) is 4.68. The lowest BCUT2D eigenvalue weighted by Crippen LogP contribution is -2.03. The Hall–Kier alpha value is -2.83. The summed E-state index contributed by atoms with van der Waals surface area (Å²) in [6.07, 6.45) is 1.63. The summed E-state index contributed by atoms with van der Waals surface area (Å²) < 4.78 is 8.73. The van der Waals surface area contributed by atoms with E-state index in [2.05, 4.69) is 15.3 Å². The molecule has 0 amide bonds. The maximum Gasteiger partial charge on any atom is 0.169 e. The van der Waals surface area contributed by atoms with Gasteiger partial charge >= 0.3 is 0 Å². The first-order valence-corrected chi connectivity index (χ1v) is 6.38. The van der Waals surface area contributed by atoms with E-state index in [4.69, 9.17) is 4.74 Å². The molecule has 0 saturated heterocycles. The minimum atomic E-state index is 0.0868. The minimum Gasteiger partial charge on any atom is -0.504 e. The molecule has 7 heteroatoms. The molecule has 21 heavy (non-hydrogen) atoms. The largest absolute Gasteiger partial charge is 0.504 e. The van der Waals surface area contributed by atoms with Gasteiger partial charge in [-0.05, 0) is 25.1 Å². The first kappa shape index (κ1) is 13.2. The van der Waals surface area contributed by atoms with Gasteiger partial charge in [-0.2, -0.15) is 5.10 Å². The molecule has 0 aliphatic carbocycles. The SMILES string of the molecule is COc1cc(-c2nncn2-c2cc(C)nn2C)ccc1O. The van der Waals surface area contributed by atoms with Gasteiger partial charge in [0.05, 0.1) is 12.8 Å². The zero-order chi connectivity index (χ0) is 15.0. The van der Waals surface area contributed by atoms with Crippen LogP contribution >= 0.6 is 0 Å². The number of benzene rings is 1. The van der Waals surface area contributed by atoms with Gasteiger partial charge < -0.3 is 9.84 Å². The van der Waals surface area contributed by atoms with E-state index in [1.807, 2.05) is 24.6 Å². The van der Waals surface area contributed by atoms with Crippen LogP contribution in [0.2, 0.25) is 0 Å². The molecule has 0 atom stereocenters. The molecule has 0 radical (unpaired) electrons. The van der Waals surface area contributed by atoms with Crippen LogP contribution in [-0.4, -0.2) is 36.8 Å². The Morgan fingerprint density at radius 1 is 1.24 bits per heavy atom. The van der Waals surface area contributed by atoms with Crippen molar-refractivity contribution >= 4 is 0 Å². The van der Waals surface area contributed by atoms with E-state index in [1.54, 1.807) is 29.2 Å². The number of aryl methyl sites for hydroxylation is 2. The lowest BCUT2D eigenvalue weighted by atomic mass is 10.2. The Labute approximate surface area is 121 Å². The van der Waals surface area contributed by atoms with Crippen LogP contribution in [0, 0.1) is 6.92 Å². The molecule has 0 fully saturated rings. The quantitative estimate of drug-likeness (QED) is 0.792. The highest BCUT2D eigenvalue weighted by Gasteiger charge is 2.14. The average molecular weight is 285 g/mol. The summed E-state index contributed by atoms with van der Waals surface area (Å²) in [5.41, 5.74) is 1.71. The van der Waals surface area contributed by atoms with Crippen LogP contribution in [0.5, 0.6) is 11.5 Å². The summed E-state index contributed by atoms with van der Waals surface area (Å²) in [7, 11) is 3.37. The van der Waals surface area contributed by atoms with Crippen LogP contribution in [0.3, 0.4) is 0 Å². The number of aromatic nitrogens is 5. The van der Waals surface area contributed by atoms with Gasteiger partial charge in [-0.1, -0.05) is 0 Å². The third kappa shape index (κ3) is 2.22. The number of phenols is 1. The fourth-order valence-corrected chi connectivity index (χ4v) is 2.24. The van der Waals surface area contributed by atoms with Gasteiger partial charge in [0, 0.05) is 18.7 Å². The molecule has 1 aromatic carbocycles. The van der Waals surface area contributed by atoms with Crippen LogP contribution < -0.4 is 4.74 Å². The number of hydrogen-bond donors (Lipinski definition) is 1. The Balaban J connectivity index is 2.13. The molecule has 3 aromatic rings. The van der Waals surface area contributed by atoms with Gasteiger partial charge in [-0.3, -0.25) is 9.25 Å². The van der Waals surface area contributed by atoms with E-state index in [0.29, 0.717) is 11.6 Å². The molecular formula is C14H15N5O2. The van der Waals surface area contributed by atoms with E-state index in [9.17, 15) is 5.11 Å². The first-order chi connectivity index (χ1) is 10.1. The maximum absolute atomic E-state index is 9.68. The van der Waals surface area contributed by atoms with Gasteiger partial charge in [0.2, 0.25) is 0 Å². The predicted molar refractivity (Wildman–Crippen MR) is 76.5 cm³/mol. The minimum absolute atomic E-state index is 0.0868. The number of aromatic hydroxyl groups is 1. The molecule has 2 aromatic heterocycles. The lowest BCUT2D eigenvalue weighted by Gasteiger charge is -2.08. The number of phenolic OH excluding ortho intramolecular Hbond substituents is 1. The molecule has 0 saturated carbocycles. The fourth-order valence-electron chi connectivity index (χ4n) is 2.24. The molecule has 0 bridgehead atoms. The molecule has 0 spiro atoms. The van der Waals surface area contributed by atoms with Gasteiger partial charge in [0.15, 0.2) is 17.3 Å². The van der Waals surface area contributed by atoms with Crippen molar-refractivity contribution in [2.75, 3.05) is 7.11 Å². The van der Waals surface area contributed by atoms with Crippen molar-refractivity contribution in [3.8, 4) is 28.7 Å². The lowest BCUT2D eigenvalue weighted by molar-refractivity contribution is 0.373. The highest BCUT2D eigenvalue weighted by molar-refractivity contribution is 5.62. The highest BCUT2D eigenvalue weighted by atomic mass is 16.5. The van der Waals surface area contributed by atoms with Crippen molar-refractivity contribution in [3.05, 3.63) is 36.3 Å². The average Bonchev–Trinajstić information content (AvgIpc) is 3.05. The number of hydrogen-bond acceptors (Lipinski definition) is 5. The molecule has 0 unspecified atom stereocenters. The van der Waals surface area contributed by atoms with Gasteiger partial charge in [-0.25, -0.2) is 0 Å². The molecule has 0 aliphatic rings. The summed E-state index contributed by atoms with van der Waals surface area (Å²) in [6.45, 7) is 1.93. The number of ether oxygens (including phenoxy) is 1. The predicted octanol–water partition coefficient (Wildman–Crippen LogP) is 1.69. The summed E-state index contributed by atoms with van der Waals surface area (Å²) in [5, 5.41) is 22.1. The van der Waals surface area contributed by atoms with E-state index in [0.717, 1.165) is 17.1 Å². The third-order valence-electron chi connectivity index (χ3n) is 3.21. The Morgan fingerprint density at radius 3 is 2.71 bits per heavy atom. The fraction of sp³-hybridized carbons (Fsp3) is 0.214. The smallest absolute Gasteiger partial charge is 0.169 e. The summed E-state index contributed by atoms with van der Waals surface area (Å²) in [6, 6.07) is 7.01.